The van der Waals surface area contributed by atoms with E-state index in [9.17, 15) is 0 Å². The van der Waals surface area contributed by atoms with Crippen molar-refractivity contribution < 1.29 is 9.84 Å². The number of unbranched alkanes of at least 4 members (excludes halogenated alkanes) is 3. The van der Waals surface area contributed by atoms with E-state index in [2.05, 4.69) is 22.9 Å². The molecule has 0 bridgehead atoms. The van der Waals surface area contributed by atoms with Gasteiger partial charge < -0.3 is 9.84 Å². The molecule has 0 unspecified atom stereocenters. The minimum Gasteiger partial charge on any atom is -0.494 e. The molecule has 0 aliphatic carbocycles. The standard InChI is InChI=1S/C13H19BrO2/c1-2-3-4-5-8-16-12-6-7-13(14)11(9-12)10-15/h6-7,9,15H,2-5,8,10H2,1H3. The van der Waals surface area contributed by atoms with Gasteiger partial charge in [-0.15, -0.1) is 0 Å². The van der Waals surface area contributed by atoms with E-state index in [0.29, 0.717) is 0 Å². The predicted octanol–water partition coefficient (Wildman–Crippen LogP) is 3.90. The number of benzene rings is 1. The third-order valence-electron chi connectivity index (χ3n) is 2.45. The van der Waals surface area contributed by atoms with Crippen LogP contribution in [0.25, 0.3) is 0 Å². The molecular formula is C13H19BrO2. The van der Waals surface area contributed by atoms with Gasteiger partial charge in [0.25, 0.3) is 0 Å². The quantitative estimate of drug-likeness (QED) is 0.771. The Kier molecular flexibility index (Phi) is 6.50. The summed E-state index contributed by atoms with van der Waals surface area (Å²) >= 11 is 3.38. The fourth-order valence-electron chi connectivity index (χ4n) is 1.48. The van der Waals surface area contributed by atoms with Gasteiger partial charge in [0.05, 0.1) is 13.2 Å². The van der Waals surface area contributed by atoms with Crippen LogP contribution in [0, 0.1) is 0 Å². The van der Waals surface area contributed by atoms with Crippen LogP contribution in [0.5, 0.6) is 5.75 Å². The van der Waals surface area contributed by atoms with E-state index in [1.165, 1.54) is 19.3 Å². The van der Waals surface area contributed by atoms with Gasteiger partial charge >= 0.3 is 0 Å². The average molecular weight is 287 g/mol. The Morgan fingerprint density at radius 1 is 1.25 bits per heavy atom. The van der Waals surface area contributed by atoms with E-state index >= 15 is 0 Å². The van der Waals surface area contributed by atoms with E-state index in [4.69, 9.17) is 9.84 Å². The van der Waals surface area contributed by atoms with Crippen molar-refractivity contribution in [2.75, 3.05) is 6.61 Å². The molecule has 0 saturated carbocycles. The molecule has 1 aromatic rings. The molecule has 0 spiro atoms. The van der Waals surface area contributed by atoms with E-state index in [-0.39, 0.29) is 6.61 Å². The van der Waals surface area contributed by atoms with Crippen molar-refractivity contribution in [3.8, 4) is 5.75 Å². The fourth-order valence-corrected chi connectivity index (χ4v) is 1.85. The zero-order valence-electron chi connectivity index (χ0n) is 9.71. The lowest BCUT2D eigenvalue weighted by molar-refractivity contribution is 0.277. The minimum absolute atomic E-state index is 0.0353. The van der Waals surface area contributed by atoms with Crippen LogP contribution in [0.4, 0.5) is 0 Å². The summed E-state index contributed by atoms with van der Waals surface area (Å²) in [6, 6.07) is 5.71. The van der Waals surface area contributed by atoms with Crippen LogP contribution in [0.1, 0.15) is 38.2 Å². The number of aliphatic hydroxyl groups is 1. The van der Waals surface area contributed by atoms with Gasteiger partial charge in [-0.05, 0) is 30.2 Å². The van der Waals surface area contributed by atoms with Crippen molar-refractivity contribution in [3.05, 3.63) is 28.2 Å². The van der Waals surface area contributed by atoms with Gasteiger partial charge in [-0.25, -0.2) is 0 Å². The van der Waals surface area contributed by atoms with Crippen molar-refractivity contribution >= 4 is 15.9 Å². The molecular weight excluding hydrogens is 268 g/mol. The fraction of sp³-hybridized carbons (Fsp3) is 0.538. The first-order chi connectivity index (χ1) is 7.77. The smallest absolute Gasteiger partial charge is 0.119 e. The second kappa shape index (κ2) is 7.69. The molecule has 1 aromatic carbocycles. The van der Waals surface area contributed by atoms with Gasteiger partial charge in [0.1, 0.15) is 5.75 Å². The normalized spacial score (nSPS) is 10.4. The van der Waals surface area contributed by atoms with E-state index in [1.807, 2.05) is 18.2 Å². The summed E-state index contributed by atoms with van der Waals surface area (Å²) in [6.07, 6.45) is 4.83. The molecule has 3 heteroatoms. The van der Waals surface area contributed by atoms with Gasteiger partial charge in [0.2, 0.25) is 0 Å². The third kappa shape index (κ3) is 4.54. The lowest BCUT2D eigenvalue weighted by atomic mass is 10.2. The average Bonchev–Trinajstić information content (AvgIpc) is 2.31. The maximum absolute atomic E-state index is 9.10. The molecule has 2 nitrogen and oxygen atoms in total. The van der Waals surface area contributed by atoms with Crippen molar-refractivity contribution in [3.63, 3.8) is 0 Å². The topological polar surface area (TPSA) is 29.5 Å². The van der Waals surface area contributed by atoms with Crippen molar-refractivity contribution in [1.29, 1.82) is 0 Å². The SMILES string of the molecule is CCCCCCOc1ccc(Br)c(CO)c1. The first-order valence-electron chi connectivity index (χ1n) is 5.80. The summed E-state index contributed by atoms with van der Waals surface area (Å²) in [5.74, 6) is 0.837. The van der Waals surface area contributed by atoms with Crippen LogP contribution in [0.3, 0.4) is 0 Å². The maximum atomic E-state index is 9.10. The van der Waals surface area contributed by atoms with Crippen LogP contribution in [0.15, 0.2) is 22.7 Å². The zero-order chi connectivity index (χ0) is 11.8. The zero-order valence-corrected chi connectivity index (χ0v) is 11.3. The third-order valence-corrected chi connectivity index (χ3v) is 3.23. The van der Waals surface area contributed by atoms with Crippen LogP contribution >= 0.6 is 15.9 Å². The van der Waals surface area contributed by atoms with Gasteiger partial charge in [-0.1, -0.05) is 42.1 Å². The molecule has 0 aromatic heterocycles. The summed E-state index contributed by atoms with van der Waals surface area (Å²) in [5.41, 5.74) is 0.867. The lowest BCUT2D eigenvalue weighted by Crippen LogP contribution is -1.98. The lowest BCUT2D eigenvalue weighted by Gasteiger charge is -2.08. The Morgan fingerprint density at radius 2 is 2.06 bits per heavy atom. The van der Waals surface area contributed by atoms with Gasteiger partial charge in [-0.3, -0.25) is 0 Å². The molecule has 0 aliphatic heterocycles. The molecule has 0 saturated heterocycles. The van der Waals surface area contributed by atoms with Crippen molar-refractivity contribution in [2.24, 2.45) is 0 Å². The first kappa shape index (κ1) is 13.5. The number of hydrogen-bond donors (Lipinski definition) is 1. The number of aliphatic hydroxyl groups excluding tert-OH is 1. The minimum atomic E-state index is 0.0353. The van der Waals surface area contributed by atoms with Gasteiger partial charge in [-0.2, -0.15) is 0 Å². The van der Waals surface area contributed by atoms with E-state index < -0.39 is 0 Å². The highest BCUT2D eigenvalue weighted by molar-refractivity contribution is 9.10. The van der Waals surface area contributed by atoms with Gasteiger partial charge in [0, 0.05) is 4.47 Å². The Bertz CT molecular complexity index is 313. The Labute approximate surface area is 106 Å². The van der Waals surface area contributed by atoms with E-state index in [1.54, 1.807) is 0 Å². The highest BCUT2D eigenvalue weighted by Crippen LogP contribution is 2.22. The van der Waals surface area contributed by atoms with Crippen LogP contribution in [-0.2, 0) is 6.61 Å². The molecule has 1 rings (SSSR count). The molecule has 0 heterocycles. The number of rotatable bonds is 7. The molecule has 0 radical (unpaired) electrons. The Morgan fingerprint density at radius 3 is 2.75 bits per heavy atom. The molecule has 0 aliphatic rings. The second-order valence-corrected chi connectivity index (χ2v) is 4.67. The summed E-state index contributed by atoms with van der Waals surface area (Å²) in [7, 11) is 0. The summed E-state index contributed by atoms with van der Waals surface area (Å²) in [6.45, 7) is 2.99. The van der Waals surface area contributed by atoms with Crippen LogP contribution in [0.2, 0.25) is 0 Å². The van der Waals surface area contributed by atoms with Crippen LogP contribution in [-0.4, -0.2) is 11.7 Å². The molecule has 0 fully saturated rings. The molecule has 0 atom stereocenters. The highest BCUT2D eigenvalue weighted by Gasteiger charge is 2.01. The van der Waals surface area contributed by atoms with Crippen molar-refractivity contribution in [1.82, 2.24) is 0 Å². The van der Waals surface area contributed by atoms with Crippen LogP contribution < -0.4 is 4.74 Å². The van der Waals surface area contributed by atoms with E-state index in [0.717, 1.165) is 28.8 Å². The molecule has 90 valence electrons. The highest BCUT2D eigenvalue weighted by atomic mass is 79.9. The number of ether oxygens (including phenoxy) is 1. The second-order valence-electron chi connectivity index (χ2n) is 3.82. The number of halogens is 1. The number of hydrogen-bond acceptors (Lipinski definition) is 2. The Balaban J connectivity index is 2.36. The summed E-state index contributed by atoms with van der Waals surface area (Å²) in [5, 5.41) is 9.10. The first-order valence-corrected chi connectivity index (χ1v) is 6.59. The monoisotopic (exact) mass is 286 g/mol. The Hall–Kier alpha value is -0.540. The molecule has 1 N–H and O–H groups in total. The molecule has 0 amide bonds. The van der Waals surface area contributed by atoms with Crippen molar-refractivity contribution in [2.45, 2.75) is 39.2 Å². The predicted molar refractivity (Wildman–Crippen MR) is 69.7 cm³/mol. The summed E-state index contributed by atoms with van der Waals surface area (Å²) in [4.78, 5) is 0. The van der Waals surface area contributed by atoms with Gasteiger partial charge in [0.15, 0.2) is 0 Å². The maximum Gasteiger partial charge on any atom is 0.119 e. The largest absolute Gasteiger partial charge is 0.494 e. The summed E-state index contributed by atoms with van der Waals surface area (Å²) < 4.78 is 6.54. The molecule has 16 heavy (non-hydrogen) atoms.